The molecule has 0 radical (unpaired) electrons. The number of urea groups is 1. The van der Waals surface area contributed by atoms with Crippen molar-refractivity contribution < 1.29 is 9.59 Å². The molecule has 162 valence electrons. The Morgan fingerprint density at radius 1 is 1.06 bits per heavy atom. The summed E-state index contributed by atoms with van der Waals surface area (Å²) >= 11 is 0. The standard InChI is InChI=1S/C23H28N6O2/c1-23(2,13-29-22(26)31)16-6-4-15(5-7-16)21(30)27-10-9-14-3-8-19-17(11-14)18(12-28-19)20(24)25/h3-8,11-12,28H,9-10,13H2,1-2H3,(H3,24,25)(H,27,30)(H3,26,29,31). The van der Waals surface area contributed by atoms with Gasteiger partial charge in [-0.25, -0.2) is 4.79 Å². The number of aromatic amines is 1. The molecule has 0 aliphatic carbocycles. The fraction of sp³-hybridized carbons (Fsp3) is 0.261. The fourth-order valence-electron chi connectivity index (χ4n) is 3.45. The normalized spacial score (nSPS) is 11.3. The van der Waals surface area contributed by atoms with Gasteiger partial charge >= 0.3 is 6.03 Å². The van der Waals surface area contributed by atoms with Gasteiger partial charge in [-0.05, 0) is 41.8 Å². The number of carbonyl (C=O) groups excluding carboxylic acids is 2. The van der Waals surface area contributed by atoms with Gasteiger partial charge in [-0.15, -0.1) is 0 Å². The summed E-state index contributed by atoms with van der Waals surface area (Å²) in [5.74, 6) is -0.125. The van der Waals surface area contributed by atoms with Gasteiger partial charge in [0.05, 0.1) is 0 Å². The number of fused-ring (bicyclic) bond motifs is 1. The summed E-state index contributed by atoms with van der Waals surface area (Å²) in [7, 11) is 0. The van der Waals surface area contributed by atoms with Crippen molar-refractivity contribution in [2.75, 3.05) is 13.1 Å². The summed E-state index contributed by atoms with van der Waals surface area (Å²) in [6.45, 7) is 4.89. The monoisotopic (exact) mass is 420 g/mol. The van der Waals surface area contributed by atoms with Crippen molar-refractivity contribution in [2.24, 2.45) is 11.5 Å². The first-order valence-electron chi connectivity index (χ1n) is 10.0. The van der Waals surface area contributed by atoms with Crippen LogP contribution in [0.25, 0.3) is 10.9 Å². The Balaban J connectivity index is 1.58. The zero-order valence-corrected chi connectivity index (χ0v) is 17.7. The van der Waals surface area contributed by atoms with Crippen molar-refractivity contribution in [3.05, 3.63) is 70.9 Å². The van der Waals surface area contributed by atoms with Crippen LogP contribution in [-0.4, -0.2) is 35.8 Å². The molecule has 0 atom stereocenters. The van der Waals surface area contributed by atoms with E-state index in [4.69, 9.17) is 16.9 Å². The van der Waals surface area contributed by atoms with E-state index in [0.717, 1.165) is 22.0 Å². The number of aromatic nitrogens is 1. The summed E-state index contributed by atoms with van der Waals surface area (Å²) in [6.07, 6.45) is 2.39. The van der Waals surface area contributed by atoms with Gasteiger partial charge < -0.3 is 27.1 Å². The number of carbonyl (C=O) groups is 2. The number of amidine groups is 1. The Kier molecular flexibility index (Phi) is 6.29. The maximum absolute atomic E-state index is 12.5. The second kappa shape index (κ2) is 8.91. The first kappa shape index (κ1) is 21.9. The van der Waals surface area contributed by atoms with Gasteiger partial charge in [0, 0.05) is 46.7 Å². The Hall–Kier alpha value is -3.81. The molecule has 0 aliphatic rings. The Bertz CT molecular complexity index is 1110. The summed E-state index contributed by atoms with van der Waals surface area (Å²) in [6, 6.07) is 12.7. The molecule has 1 heterocycles. The average Bonchev–Trinajstić information content (AvgIpc) is 3.16. The number of nitrogens with two attached hydrogens (primary N) is 2. The van der Waals surface area contributed by atoms with E-state index in [0.29, 0.717) is 30.6 Å². The van der Waals surface area contributed by atoms with Crippen molar-refractivity contribution >= 4 is 28.7 Å². The number of H-pyrrole nitrogens is 1. The molecule has 0 fully saturated rings. The molecular weight excluding hydrogens is 392 g/mol. The summed E-state index contributed by atoms with van der Waals surface area (Å²) in [5.41, 5.74) is 14.7. The molecule has 1 aromatic heterocycles. The highest BCUT2D eigenvalue weighted by Gasteiger charge is 2.21. The molecule has 0 unspecified atom stereocenters. The molecule has 31 heavy (non-hydrogen) atoms. The van der Waals surface area contributed by atoms with Crippen molar-refractivity contribution in [3.8, 4) is 0 Å². The SMILES string of the molecule is CC(C)(CNC(N)=O)c1ccc(C(=O)NCCc2ccc3[nH]cc(C(=N)N)c3c2)cc1. The molecular formula is C23H28N6O2. The van der Waals surface area contributed by atoms with E-state index in [1.54, 1.807) is 18.3 Å². The molecule has 0 spiro atoms. The minimum atomic E-state index is -0.558. The van der Waals surface area contributed by atoms with Crippen LogP contribution >= 0.6 is 0 Å². The number of benzene rings is 2. The predicted molar refractivity (Wildman–Crippen MR) is 122 cm³/mol. The molecule has 0 saturated heterocycles. The Morgan fingerprint density at radius 3 is 2.42 bits per heavy atom. The van der Waals surface area contributed by atoms with E-state index in [9.17, 15) is 9.59 Å². The van der Waals surface area contributed by atoms with Crippen LogP contribution in [0.4, 0.5) is 4.79 Å². The lowest BCUT2D eigenvalue weighted by Crippen LogP contribution is -2.39. The average molecular weight is 421 g/mol. The number of hydrogen-bond acceptors (Lipinski definition) is 3. The van der Waals surface area contributed by atoms with Crippen LogP contribution in [0.15, 0.2) is 48.7 Å². The predicted octanol–water partition coefficient (Wildman–Crippen LogP) is 2.37. The quantitative estimate of drug-likeness (QED) is 0.245. The Labute approximate surface area is 180 Å². The highest BCUT2D eigenvalue weighted by molar-refractivity contribution is 6.07. The van der Waals surface area contributed by atoms with Gasteiger partial charge in [-0.3, -0.25) is 10.2 Å². The molecule has 0 aliphatic heterocycles. The number of rotatable bonds is 8. The van der Waals surface area contributed by atoms with E-state index >= 15 is 0 Å². The Morgan fingerprint density at radius 2 is 1.77 bits per heavy atom. The van der Waals surface area contributed by atoms with Crippen LogP contribution in [0.2, 0.25) is 0 Å². The molecule has 3 amide bonds. The second-order valence-corrected chi connectivity index (χ2v) is 8.18. The van der Waals surface area contributed by atoms with E-state index in [1.807, 2.05) is 44.2 Å². The van der Waals surface area contributed by atoms with E-state index in [1.165, 1.54) is 0 Å². The van der Waals surface area contributed by atoms with Crippen molar-refractivity contribution in [1.29, 1.82) is 5.41 Å². The third-order valence-electron chi connectivity index (χ3n) is 5.37. The van der Waals surface area contributed by atoms with Crippen LogP contribution in [-0.2, 0) is 11.8 Å². The van der Waals surface area contributed by atoms with Crippen LogP contribution in [0.1, 0.15) is 40.9 Å². The smallest absolute Gasteiger partial charge is 0.312 e. The first-order valence-corrected chi connectivity index (χ1v) is 10.0. The highest BCUT2D eigenvalue weighted by atomic mass is 16.2. The van der Waals surface area contributed by atoms with Gasteiger partial charge in [0.15, 0.2) is 0 Å². The second-order valence-electron chi connectivity index (χ2n) is 8.18. The molecule has 3 aromatic rings. The zero-order valence-electron chi connectivity index (χ0n) is 17.7. The van der Waals surface area contributed by atoms with Crippen LogP contribution in [0, 0.1) is 5.41 Å². The molecule has 8 heteroatoms. The molecule has 3 rings (SSSR count). The van der Waals surface area contributed by atoms with Crippen molar-refractivity contribution in [1.82, 2.24) is 15.6 Å². The third-order valence-corrected chi connectivity index (χ3v) is 5.37. The maximum atomic E-state index is 12.5. The maximum Gasteiger partial charge on any atom is 0.312 e. The lowest BCUT2D eigenvalue weighted by molar-refractivity contribution is 0.0954. The number of amides is 3. The summed E-state index contributed by atoms with van der Waals surface area (Å²) in [5, 5.41) is 14.1. The topological polar surface area (TPSA) is 150 Å². The van der Waals surface area contributed by atoms with E-state index < -0.39 is 6.03 Å². The number of nitrogens with one attached hydrogen (secondary N) is 4. The van der Waals surface area contributed by atoms with Gasteiger partial charge in [0.1, 0.15) is 5.84 Å². The summed E-state index contributed by atoms with van der Waals surface area (Å²) < 4.78 is 0. The number of nitrogen functional groups attached to an aromatic ring is 1. The lowest BCUT2D eigenvalue weighted by atomic mass is 9.84. The van der Waals surface area contributed by atoms with Gasteiger partial charge in [0.2, 0.25) is 0 Å². The number of hydrogen-bond donors (Lipinski definition) is 6. The van der Waals surface area contributed by atoms with Crippen LogP contribution in [0.3, 0.4) is 0 Å². The van der Waals surface area contributed by atoms with E-state index in [-0.39, 0.29) is 17.2 Å². The van der Waals surface area contributed by atoms with E-state index in [2.05, 4.69) is 15.6 Å². The van der Waals surface area contributed by atoms with Crippen molar-refractivity contribution in [2.45, 2.75) is 25.7 Å². The summed E-state index contributed by atoms with van der Waals surface area (Å²) in [4.78, 5) is 26.6. The highest BCUT2D eigenvalue weighted by Crippen LogP contribution is 2.23. The van der Waals surface area contributed by atoms with Crippen molar-refractivity contribution in [3.63, 3.8) is 0 Å². The van der Waals surface area contributed by atoms with Crippen LogP contribution in [0.5, 0.6) is 0 Å². The molecule has 8 nitrogen and oxygen atoms in total. The minimum Gasteiger partial charge on any atom is -0.384 e. The number of primary amides is 1. The molecule has 0 saturated carbocycles. The van der Waals surface area contributed by atoms with Gasteiger partial charge in [-0.2, -0.15) is 0 Å². The third kappa shape index (κ3) is 5.22. The van der Waals surface area contributed by atoms with Crippen LogP contribution < -0.4 is 22.1 Å². The minimum absolute atomic E-state index is 0.0220. The molecule has 2 aromatic carbocycles. The lowest BCUT2D eigenvalue weighted by Gasteiger charge is -2.25. The van der Waals surface area contributed by atoms with Gasteiger partial charge in [0.25, 0.3) is 5.91 Å². The fourth-order valence-corrected chi connectivity index (χ4v) is 3.45. The molecule has 8 N–H and O–H groups in total. The van der Waals surface area contributed by atoms with Gasteiger partial charge in [-0.1, -0.05) is 32.0 Å². The largest absolute Gasteiger partial charge is 0.384 e. The zero-order chi connectivity index (χ0) is 22.6. The first-order chi connectivity index (χ1) is 14.7. The molecule has 0 bridgehead atoms.